The predicted octanol–water partition coefficient (Wildman–Crippen LogP) is 3.32. The lowest BCUT2D eigenvalue weighted by atomic mass is 10.1. The van der Waals surface area contributed by atoms with Gasteiger partial charge in [-0.15, -0.1) is 24.0 Å². The second kappa shape index (κ2) is 13.4. The number of hydrogen-bond acceptors (Lipinski definition) is 5. The van der Waals surface area contributed by atoms with Crippen LogP contribution >= 0.6 is 24.0 Å². The largest absolute Gasteiger partial charge is 0.468 e. The third-order valence-corrected chi connectivity index (χ3v) is 4.34. The number of guanidine groups is 1. The summed E-state index contributed by atoms with van der Waals surface area (Å²) >= 11 is 0. The van der Waals surface area contributed by atoms with Gasteiger partial charge in [-0.25, -0.2) is 14.8 Å². The molecule has 1 fully saturated rings. The number of pyridine rings is 1. The summed E-state index contributed by atoms with van der Waals surface area (Å²) in [4.78, 5) is 21.8. The second-order valence-electron chi connectivity index (χ2n) is 6.67. The zero-order valence-corrected chi connectivity index (χ0v) is 19.9. The van der Waals surface area contributed by atoms with Gasteiger partial charge in [0.05, 0.1) is 13.2 Å². The molecule has 1 amide bonds. The number of nitrogens with one attached hydrogen (secondary N) is 2. The molecule has 31 heavy (non-hydrogen) atoms. The molecule has 0 atom stereocenters. The number of ether oxygens (including phenoxy) is 2. The summed E-state index contributed by atoms with van der Waals surface area (Å²) in [7, 11) is 0. The standard InChI is InChI=1S/C19H28F3N5O3.HI/c1-3-23-17(26-15-7-10-27(11-8-15)18(28)29-4-2)25-12-14-6-5-9-24-16(14)30-13-19(20,21)22;/h5-6,9,15H,3-4,7-8,10-13H2,1-2H3,(H2,23,25,26);1H. The van der Waals surface area contributed by atoms with E-state index in [2.05, 4.69) is 20.6 Å². The SMILES string of the molecule is CCNC(=NCc1cccnc1OCC(F)(F)F)NC1CCN(C(=O)OCC)CC1.I. The van der Waals surface area contributed by atoms with E-state index in [1.807, 2.05) is 6.92 Å². The number of aromatic nitrogens is 1. The van der Waals surface area contributed by atoms with Gasteiger partial charge in [-0.1, -0.05) is 6.07 Å². The average Bonchev–Trinajstić information content (AvgIpc) is 2.71. The number of aliphatic imine (C=N–C) groups is 1. The fourth-order valence-corrected chi connectivity index (χ4v) is 2.92. The van der Waals surface area contributed by atoms with Gasteiger partial charge in [0.25, 0.3) is 0 Å². The number of amides is 1. The Morgan fingerprint density at radius 3 is 2.65 bits per heavy atom. The van der Waals surface area contributed by atoms with Gasteiger partial charge in [0, 0.05) is 37.4 Å². The molecule has 0 saturated carbocycles. The first kappa shape index (κ1) is 27.0. The molecule has 1 aromatic rings. The second-order valence-corrected chi connectivity index (χ2v) is 6.67. The molecule has 0 radical (unpaired) electrons. The molecule has 12 heteroatoms. The molecule has 2 heterocycles. The molecule has 0 spiro atoms. The third-order valence-electron chi connectivity index (χ3n) is 4.34. The van der Waals surface area contributed by atoms with Crippen LogP contribution in [0.25, 0.3) is 0 Å². The van der Waals surface area contributed by atoms with Crippen molar-refractivity contribution < 1.29 is 27.4 Å². The van der Waals surface area contributed by atoms with Gasteiger partial charge in [0.1, 0.15) is 0 Å². The van der Waals surface area contributed by atoms with Crippen molar-refractivity contribution in [3.05, 3.63) is 23.9 Å². The van der Waals surface area contributed by atoms with Crippen LogP contribution in [0.3, 0.4) is 0 Å². The number of piperidine rings is 1. The topological polar surface area (TPSA) is 88.1 Å². The molecule has 176 valence electrons. The summed E-state index contributed by atoms with van der Waals surface area (Å²) in [6, 6.07) is 3.36. The van der Waals surface area contributed by atoms with E-state index in [0.717, 1.165) is 12.8 Å². The van der Waals surface area contributed by atoms with E-state index >= 15 is 0 Å². The molecule has 0 aromatic carbocycles. The van der Waals surface area contributed by atoms with E-state index in [4.69, 9.17) is 9.47 Å². The molecule has 1 aliphatic rings. The normalized spacial score (nSPS) is 15.1. The van der Waals surface area contributed by atoms with E-state index < -0.39 is 12.8 Å². The fraction of sp³-hybridized carbons (Fsp3) is 0.632. The number of carbonyl (C=O) groups is 1. The van der Waals surface area contributed by atoms with Crippen LogP contribution in [0.4, 0.5) is 18.0 Å². The van der Waals surface area contributed by atoms with Crippen molar-refractivity contribution >= 4 is 36.0 Å². The van der Waals surface area contributed by atoms with Crippen molar-refractivity contribution in [3.8, 4) is 5.88 Å². The van der Waals surface area contributed by atoms with Crippen molar-refractivity contribution in [3.63, 3.8) is 0 Å². The summed E-state index contributed by atoms with van der Waals surface area (Å²) in [5.74, 6) is 0.454. The Bertz CT molecular complexity index is 713. The summed E-state index contributed by atoms with van der Waals surface area (Å²) in [5, 5.41) is 6.44. The fourth-order valence-electron chi connectivity index (χ4n) is 2.92. The maximum Gasteiger partial charge on any atom is 0.422 e. The number of alkyl halides is 3. The van der Waals surface area contributed by atoms with Gasteiger partial charge in [-0.05, 0) is 32.8 Å². The summed E-state index contributed by atoms with van der Waals surface area (Å²) in [6.07, 6.45) is -1.90. The van der Waals surface area contributed by atoms with Crippen LogP contribution in [0.1, 0.15) is 32.3 Å². The molecule has 2 rings (SSSR count). The van der Waals surface area contributed by atoms with E-state index in [-0.39, 0.29) is 48.5 Å². The van der Waals surface area contributed by atoms with Gasteiger partial charge in [-0.3, -0.25) is 0 Å². The van der Waals surface area contributed by atoms with Crippen molar-refractivity contribution in [2.24, 2.45) is 4.99 Å². The highest BCUT2D eigenvalue weighted by atomic mass is 127. The molecule has 2 N–H and O–H groups in total. The number of likely N-dealkylation sites (tertiary alicyclic amines) is 1. The first-order chi connectivity index (χ1) is 14.3. The number of rotatable bonds is 7. The summed E-state index contributed by atoms with van der Waals surface area (Å²) in [5.41, 5.74) is 0.455. The first-order valence-electron chi connectivity index (χ1n) is 9.92. The molecular formula is C19H29F3IN5O3. The van der Waals surface area contributed by atoms with Crippen molar-refractivity contribution in [1.29, 1.82) is 0 Å². The summed E-state index contributed by atoms with van der Waals surface area (Å²) < 4.78 is 47.1. The van der Waals surface area contributed by atoms with Gasteiger partial charge in [0.15, 0.2) is 12.6 Å². The quantitative estimate of drug-likeness (QED) is 0.303. The highest BCUT2D eigenvalue weighted by molar-refractivity contribution is 14.0. The molecule has 1 saturated heterocycles. The van der Waals surface area contributed by atoms with E-state index in [1.165, 1.54) is 6.20 Å². The molecule has 0 aliphatic carbocycles. The highest BCUT2D eigenvalue weighted by Gasteiger charge is 2.29. The maximum absolute atomic E-state index is 12.4. The number of carbonyl (C=O) groups excluding carboxylic acids is 1. The number of nitrogens with zero attached hydrogens (tertiary/aromatic N) is 3. The highest BCUT2D eigenvalue weighted by Crippen LogP contribution is 2.20. The Morgan fingerprint density at radius 1 is 1.32 bits per heavy atom. The summed E-state index contributed by atoms with van der Waals surface area (Å²) in [6.45, 7) is 4.52. The van der Waals surface area contributed by atoms with Crippen LogP contribution in [0.5, 0.6) is 5.88 Å². The minimum absolute atomic E-state index is 0. The Morgan fingerprint density at radius 2 is 2.03 bits per heavy atom. The Labute approximate surface area is 197 Å². The predicted molar refractivity (Wildman–Crippen MR) is 121 cm³/mol. The molecule has 0 unspecified atom stereocenters. The Balaban J connectivity index is 0.00000480. The molecule has 1 aromatic heterocycles. The van der Waals surface area contributed by atoms with Gasteiger partial charge in [-0.2, -0.15) is 13.2 Å². The van der Waals surface area contributed by atoms with Gasteiger partial charge < -0.3 is 25.0 Å². The maximum atomic E-state index is 12.4. The van der Waals surface area contributed by atoms with Crippen LogP contribution in [0, 0.1) is 0 Å². The molecule has 8 nitrogen and oxygen atoms in total. The number of halogens is 4. The van der Waals surface area contributed by atoms with Gasteiger partial charge >= 0.3 is 12.3 Å². The first-order valence-corrected chi connectivity index (χ1v) is 9.92. The molecule has 1 aliphatic heterocycles. The van der Waals surface area contributed by atoms with Crippen molar-refractivity contribution in [2.45, 2.75) is 45.5 Å². The van der Waals surface area contributed by atoms with E-state index in [0.29, 0.717) is 37.8 Å². The zero-order valence-electron chi connectivity index (χ0n) is 17.6. The lowest BCUT2D eigenvalue weighted by Crippen LogP contribution is -2.49. The molecule has 0 bridgehead atoms. The lowest BCUT2D eigenvalue weighted by Gasteiger charge is -2.32. The van der Waals surface area contributed by atoms with Crippen LogP contribution in [-0.4, -0.2) is 67.0 Å². The minimum Gasteiger partial charge on any atom is -0.468 e. The van der Waals surface area contributed by atoms with Gasteiger partial charge in [0.2, 0.25) is 5.88 Å². The van der Waals surface area contributed by atoms with Crippen LogP contribution in [-0.2, 0) is 11.3 Å². The number of hydrogen-bond donors (Lipinski definition) is 2. The average molecular weight is 559 g/mol. The Kier molecular flexibility index (Phi) is 11.7. The van der Waals surface area contributed by atoms with Crippen molar-refractivity contribution in [2.75, 3.05) is 32.8 Å². The van der Waals surface area contributed by atoms with Crippen LogP contribution in [0.2, 0.25) is 0 Å². The Hall–Kier alpha value is -1.99. The monoisotopic (exact) mass is 559 g/mol. The lowest BCUT2D eigenvalue weighted by molar-refractivity contribution is -0.154. The minimum atomic E-state index is -4.44. The zero-order chi connectivity index (χ0) is 22.0. The van der Waals surface area contributed by atoms with E-state index in [1.54, 1.807) is 24.0 Å². The van der Waals surface area contributed by atoms with Crippen molar-refractivity contribution in [1.82, 2.24) is 20.5 Å². The smallest absolute Gasteiger partial charge is 0.422 e. The molecular weight excluding hydrogens is 530 g/mol. The van der Waals surface area contributed by atoms with E-state index in [9.17, 15) is 18.0 Å². The third kappa shape index (κ3) is 9.78. The van der Waals surface area contributed by atoms with Crippen LogP contribution < -0.4 is 15.4 Å². The van der Waals surface area contributed by atoms with Crippen LogP contribution in [0.15, 0.2) is 23.3 Å².